The molecule has 3 atom stereocenters. The van der Waals surface area contributed by atoms with Crippen LogP contribution in [0.5, 0.6) is 0 Å². The van der Waals surface area contributed by atoms with Gasteiger partial charge in [0.15, 0.2) is 0 Å². The van der Waals surface area contributed by atoms with Crippen molar-refractivity contribution in [2.45, 2.75) is 50.9 Å². The lowest BCUT2D eigenvalue weighted by Gasteiger charge is -2.47. The highest BCUT2D eigenvalue weighted by Crippen LogP contribution is 2.55. The Balaban J connectivity index is 1.69. The summed E-state index contributed by atoms with van der Waals surface area (Å²) >= 11 is 0. The van der Waals surface area contributed by atoms with E-state index < -0.39 is 0 Å². The molecule has 0 fully saturated rings. The molecule has 5 rings (SSSR count). The summed E-state index contributed by atoms with van der Waals surface area (Å²) in [6, 6.07) is 10.7. The molecule has 2 aliphatic rings. The van der Waals surface area contributed by atoms with Gasteiger partial charge < -0.3 is 4.52 Å². The largest absolute Gasteiger partial charge is 0.361 e. The molecule has 4 heteroatoms. The number of rotatable bonds is 2. The molecule has 0 saturated heterocycles. The molecule has 4 nitrogen and oxygen atoms in total. The zero-order valence-electron chi connectivity index (χ0n) is 15.7. The lowest BCUT2D eigenvalue weighted by molar-refractivity contribution is 0.160. The van der Waals surface area contributed by atoms with E-state index in [1.54, 1.807) is 0 Å². The van der Waals surface area contributed by atoms with Crippen LogP contribution >= 0.6 is 0 Å². The van der Waals surface area contributed by atoms with Crippen LogP contribution in [0.25, 0.3) is 11.3 Å². The Hall–Kier alpha value is -2.36. The van der Waals surface area contributed by atoms with Crippen LogP contribution in [0.15, 0.2) is 41.1 Å². The number of aromatic nitrogens is 3. The van der Waals surface area contributed by atoms with Gasteiger partial charge in [-0.1, -0.05) is 49.3 Å². The number of nitrogens with zero attached hydrogens (tertiary/aromatic N) is 3. The first-order valence-corrected chi connectivity index (χ1v) is 9.68. The molecule has 0 N–H and O–H groups in total. The highest BCUT2D eigenvalue weighted by atomic mass is 16.5. The van der Waals surface area contributed by atoms with E-state index in [1.165, 1.54) is 34.5 Å². The Bertz CT molecular complexity index is 955. The van der Waals surface area contributed by atoms with E-state index >= 15 is 0 Å². The highest BCUT2D eigenvalue weighted by molar-refractivity contribution is 5.66. The van der Waals surface area contributed by atoms with E-state index in [2.05, 4.69) is 61.1 Å². The van der Waals surface area contributed by atoms with Gasteiger partial charge in [-0.3, -0.25) is 4.68 Å². The maximum Gasteiger partial charge on any atom is 0.143 e. The molecule has 2 aliphatic carbocycles. The number of benzene rings is 1. The van der Waals surface area contributed by atoms with Gasteiger partial charge in [-0.15, -0.1) is 0 Å². The lowest BCUT2D eigenvalue weighted by Crippen LogP contribution is -2.45. The zero-order valence-corrected chi connectivity index (χ0v) is 15.7. The lowest BCUT2D eigenvalue weighted by atomic mass is 9.56. The summed E-state index contributed by atoms with van der Waals surface area (Å²) in [7, 11) is 2.09. The second-order valence-corrected chi connectivity index (χ2v) is 8.13. The maximum atomic E-state index is 5.66. The molecule has 3 aromatic rings. The fraction of sp³-hybridized carbons (Fsp3) is 0.455. The van der Waals surface area contributed by atoms with E-state index in [-0.39, 0.29) is 5.41 Å². The first-order chi connectivity index (χ1) is 12.6. The summed E-state index contributed by atoms with van der Waals surface area (Å²) in [5.74, 6) is 2.14. The molecule has 1 aromatic carbocycles. The summed E-state index contributed by atoms with van der Waals surface area (Å²) in [5.41, 5.74) is 6.60. The van der Waals surface area contributed by atoms with Crippen LogP contribution in [-0.4, -0.2) is 14.9 Å². The third-order valence-electron chi connectivity index (χ3n) is 6.75. The molecule has 0 amide bonds. The van der Waals surface area contributed by atoms with Crippen molar-refractivity contribution < 1.29 is 4.52 Å². The predicted molar refractivity (Wildman–Crippen MR) is 101 cm³/mol. The second-order valence-electron chi connectivity index (χ2n) is 8.13. The van der Waals surface area contributed by atoms with Crippen molar-refractivity contribution in [1.82, 2.24) is 14.9 Å². The van der Waals surface area contributed by atoms with Gasteiger partial charge in [0.1, 0.15) is 5.76 Å². The predicted octanol–water partition coefficient (Wildman–Crippen LogP) is 4.65. The van der Waals surface area contributed by atoms with Crippen LogP contribution in [0.3, 0.4) is 0 Å². The quantitative estimate of drug-likeness (QED) is 0.678. The van der Waals surface area contributed by atoms with Crippen LogP contribution in [-0.2, 0) is 25.3 Å². The summed E-state index contributed by atoms with van der Waals surface area (Å²) in [6.07, 6.45) is 6.28. The number of hydrogen-bond acceptors (Lipinski definition) is 3. The van der Waals surface area contributed by atoms with Crippen LogP contribution in [0.4, 0.5) is 0 Å². The molecule has 0 spiro atoms. The average Bonchev–Trinajstić information content (AvgIpc) is 3.24. The van der Waals surface area contributed by atoms with Crippen molar-refractivity contribution in [3.63, 3.8) is 0 Å². The second kappa shape index (κ2) is 5.57. The summed E-state index contributed by atoms with van der Waals surface area (Å²) in [5, 5.41) is 9.19. The van der Waals surface area contributed by atoms with Crippen molar-refractivity contribution in [3.05, 3.63) is 59.1 Å². The molecular weight excluding hydrogens is 322 g/mol. The minimum absolute atomic E-state index is 0.0532. The molecule has 0 saturated carbocycles. The van der Waals surface area contributed by atoms with Gasteiger partial charge in [-0.25, -0.2) is 0 Å². The van der Waals surface area contributed by atoms with Crippen LogP contribution in [0.2, 0.25) is 0 Å². The molecular formula is C22H25N3O. The van der Waals surface area contributed by atoms with Crippen molar-refractivity contribution in [2.75, 3.05) is 0 Å². The highest BCUT2D eigenvalue weighted by Gasteiger charge is 2.51. The Kier molecular flexibility index (Phi) is 3.40. The molecule has 2 heterocycles. The van der Waals surface area contributed by atoms with Gasteiger partial charge in [0.25, 0.3) is 0 Å². The van der Waals surface area contributed by atoms with E-state index in [0.717, 1.165) is 25.0 Å². The first-order valence-electron chi connectivity index (χ1n) is 9.68. The number of fused-ring (bicyclic) bond motifs is 4. The zero-order chi connectivity index (χ0) is 17.9. The van der Waals surface area contributed by atoms with Gasteiger partial charge in [0.2, 0.25) is 0 Å². The fourth-order valence-corrected chi connectivity index (χ4v) is 5.63. The van der Waals surface area contributed by atoms with Crippen molar-refractivity contribution in [1.29, 1.82) is 0 Å². The minimum atomic E-state index is 0.0532. The van der Waals surface area contributed by atoms with Crippen LogP contribution in [0, 0.1) is 5.92 Å². The Morgan fingerprint density at radius 1 is 1.27 bits per heavy atom. The topological polar surface area (TPSA) is 43.9 Å². The molecule has 0 bridgehead atoms. The standard InChI is InChI=1S/C22H25N3O/c1-4-16-18-11-10-17-19(14-8-6-5-7-9-14)25(3)24-21(17)22(18,2)12-15-13-23-26-20(15)16/h5-9,13,16,18H,4,10-12H2,1-3H3/t16-,18-,22-/m0/s1. The Morgan fingerprint density at radius 2 is 2.08 bits per heavy atom. The molecule has 26 heavy (non-hydrogen) atoms. The fourth-order valence-electron chi connectivity index (χ4n) is 5.63. The molecule has 2 aromatic heterocycles. The van der Waals surface area contributed by atoms with Gasteiger partial charge in [-0.2, -0.15) is 5.10 Å². The van der Waals surface area contributed by atoms with E-state index in [1.807, 2.05) is 6.20 Å². The SMILES string of the molecule is CC[C@@H]1c2oncc2C[C@]2(C)c3nn(C)c(-c4ccccc4)c3CC[C@@H]12. The van der Waals surface area contributed by atoms with Crippen molar-refractivity contribution in [2.24, 2.45) is 13.0 Å². The molecule has 0 aliphatic heterocycles. The number of aryl methyl sites for hydroxylation is 1. The Labute approximate surface area is 154 Å². The van der Waals surface area contributed by atoms with Gasteiger partial charge in [0.05, 0.1) is 17.6 Å². The van der Waals surface area contributed by atoms with Crippen LogP contribution < -0.4 is 0 Å². The minimum Gasteiger partial charge on any atom is -0.361 e. The van der Waals surface area contributed by atoms with E-state index in [0.29, 0.717) is 11.8 Å². The van der Waals surface area contributed by atoms with E-state index in [4.69, 9.17) is 9.62 Å². The van der Waals surface area contributed by atoms with Crippen molar-refractivity contribution >= 4 is 0 Å². The van der Waals surface area contributed by atoms with Crippen molar-refractivity contribution in [3.8, 4) is 11.3 Å². The maximum absolute atomic E-state index is 5.66. The summed E-state index contributed by atoms with van der Waals surface area (Å²) in [4.78, 5) is 0. The third kappa shape index (κ3) is 2.01. The van der Waals surface area contributed by atoms with Gasteiger partial charge in [0, 0.05) is 35.1 Å². The van der Waals surface area contributed by atoms with Crippen LogP contribution in [0.1, 0.15) is 55.2 Å². The monoisotopic (exact) mass is 347 g/mol. The molecule has 0 unspecified atom stereocenters. The summed E-state index contributed by atoms with van der Waals surface area (Å²) in [6.45, 7) is 4.68. The summed E-state index contributed by atoms with van der Waals surface area (Å²) < 4.78 is 7.76. The average molecular weight is 347 g/mol. The first kappa shape index (κ1) is 15.9. The normalized spacial score (nSPS) is 26.9. The van der Waals surface area contributed by atoms with E-state index in [9.17, 15) is 0 Å². The van der Waals surface area contributed by atoms with Gasteiger partial charge >= 0.3 is 0 Å². The van der Waals surface area contributed by atoms with Gasteiger partial charge in [-0.05, 0) is 31.6 Å². The third-order valence-corrected chi connectivity index (χ3v) is 6.75. The molecule has 0 radical (unpaired) electrons. The Morgan fingerprint density at radius 3 is 2.85 bits per heavy atom. The number of hydrogen-bond donors (Lipinski definition) is 0. The smallest absolute Gasteiger partial charge is 0.143 e. The molecule has 134 valence electrons.